The van der Waals surface area contributed by atoms with Crippen molar-refractivity contribution in [3.63, 3.8) is 0 Å². The Morgan fingerprint density at radius 3 is 2.87 bits per heavy atom. The zero-order valence-electron chi connectivity index (χ0n) is 9.46. The fourth-order valence-electron chi connectivity index (χ4n) is 1.67. The van der Waals surface area contributed by atoms with Crippen LogP contribution in [-0.4, -0.2) is 36.7 Å². The number of thioether (sulfide) groups is 1. The maximum Gasteiger partial charge on any atom is 0.305 e. The number of hydrogen-bond donors (Lipinski definition) is 1. The highest BCUT2D eigenvalue weighted by Crippen LogP contribution is 2.16. The van der Waals surface area contributed by atoms with Crippen LogP contribution in [0.2, 0.25) is 0 Å². The average molecular weight is 231 g/mol. The van der Waals surface area contributed by atoms with Gasteiger partial charge in [-0.1, -0.05) is 0 Å². The summed E-state index contributed by atoms with van der Waals surface area (Å²) >= 11 is 2.04. The van der Waals surface area contributed by atoms with Gasteiger partial charge in [-0.2, -0.15) is 11.8 Å². The molecule has 0 bridgehead atoms. The number of ether oxygens (including phenoxy) is 1. The third-order valence-electron chi connectivity index (χ3n) is 2.52. The fourth-order valence-corrected chi connectivity index (χ4v) is 2.78. The third-order valence-corrected chi connectivity index (χ3v) is 3.57. The van der Waals surface area contributed by atoms with Crippen LogP contribution in [0.25, 0.3) is 0 Å². The Labute approximate surface area is 96.3 Å². The Morgan fingerprint density at radius 2 is 2.20 bits per heavy atom. The Kier molecular flexibility index (Phi) is 6.85. The molecule has 1 saturated heterocycles. The first-order chi connectivity index (χ1) is 7.33. The van der Waals surface area contributed by atoms with Gasteiger partial charge in [-0.25, -0.2) is 0 Å². The van der Waals surface area contributed by atoms with Crippen molar-refractivity contribution in [3.05, 3.63) is 0 Å². The molecule has 0 aromatic heterocycles. The summed E-state index contributed by atoms with van der Waals surface area (Å²) in [5.41, 5.74) is 0. The van der Waals surface area contributed by atoms with Crippen LogP contribution in [0.15, 0.2) is 0 Å². The van der Waals surface area contributed by atoms with Crippen LogP contribution in [0.1, 0.15) is 32.6 Å². The van der Waals surface area contributed by atoms with Gasteiger partial charge in [-0.3, -0.25) is 4.79 Å². The van der Waals surface area contributed by atoms with Gasteiger partial charge >= 0.3 is 5.97 Å². The van der Waals surface area contributed by atoms with Gasteiger partial charge in [0.25, 0.3) is 0 Å². The van der Waals surface area contributed by atoms with Crippen molar-refractivity contribution in [2.45, 2.75) is 38.6 Å². The molecular formula is C11H21NO2S. The number of esters is 1. The molecule has 1 aliphatic rings. The van der Waals surface area contributed by atoms with E-state index < -0.39 is 0 Å². The van der Waals surface area contributed by atoms with E-state index >= 15 is 0 Å². The molecule has 88 valence electrons. The molecule has 0 aromatic rings. The van der Waals surface area contributed by atoms with E-state index in [1.54, 1.807) is 0 Å². The van der Waals surface area contributed by atoms with E-state index in [0.29, 0.717) is 19.1 Å². The number of rotatable bonds is 6. The molecule has 0 radical (unpaired) electrons. The number of nitrogens with one attached hydrogen (secondary N) is 1. The molecule has 0 spiro atoms. The van der Waals surface area contributed by atoms with Gasteiger partial charge < -0.3 is 10.1 Å². The summed E-state index contributed by atoms with van der Waals surface area (Å²) in [5.74, 6) is 2.48. The maximum atomic E-state index is 11.0. The van der Waals surface area contributed by atoms with E-state index in [4.69, 9.17) is 4.74 Å². The van der Waals surface area contributed by atoms with Gasteiger partial charge in [-0.15, -0.1) is 0 Å². The third kappa shape index (κ3) is 6.05. The predicted molar refractivity (Wildman–Crippen MR) is 64.2 cm³/mol. The lowest BCUT2D eigenvalue weighted by molar-refractivity contribution is -0.143. The second kappa shape index (κ2) is 7.99. The lowest BCUT2D eigenvalue weighted by atomic mass is 10.1. The first-order valence-corrected chi connectivity index (χ1v) is 6.95. The molecule has 15 heavy (non-hydrogen) atoms. The molecule has 1 rings (SSSR count). The molecule has 0 aliphatic carbocycles. The van der Waals surface area contributed by atoms with Crippen LogP contribution in [-0.2, 0) is 9.53 Å². The van der Waals surface area contributed by atoms with Crippen molar-refractivity contribution >= 4 is 17.7 Å². The van der Waals surface area contributed by atoms with Crippen LogP contribution in [0, 0.1) is 0 Å². The van der Waals surface area contributed by atoms with Gasteiger partial charge in [0, 0.05) is 12.5 Å². The summed E-state index contributed by atoms with van der Waals surface area (Å²) in [4.78, 5) is 11.0. The molecule has 0 saturated carbocycles. The van der Waals surface area contributed by atoms with Crippen LogP contribution in [0.4, 0.5) is 0 Å². The van der Waals surface area contributed by atoms with E-state index in [-0.39, 0.29) is 5.97 Å². The molecule has 1 fully saturated rings. The smallest absolute Gasteiger partial charge is 0.305 e. The molecule has 0 atom stereocenters. The summed E-state index contributed by atoms with van der Waals surface area (Å²) in [5, 5.41) is 3.50. The zero-order chi connectivity index (χ0) is 10.9. The molecular weight excluding hydrogens is 210 g/mol. The van der Waals surface area contributed by atoms with Crippen molar-refractivity contribution < 1.29 is 9.53 Å². The first kappa shape index (κ1) is 12.8. The van der Waals surface area contributed by atoms with Crippen LogP contribution in [0.3, 0.4) is 0 Å². The van der Waals surface area contributed by atoms with Crippen LogP contribution < -0.4 is 5.32 Å². The normalized spacial score (nSPS) is 17.7. The zero-order valence-corrected chi connectivity index (χ0v) is 10.3. The van der Waals surface area contributed by atoms with Gasteiger partial charge in [0.15, 0.2) is 0 Å². The van der Waals surface area contributed by atoms with E-state index in [0.717, 1.165) is 13.0 Å². The second-order valence-corrected chi connectivity index (χ2v) is 4.97. The van der Waals surface area contributed by atoms with Gasteiger partial charge in [0.2, 0.25) is 0 Å². The summed E-state index contributed by atoms with van der Waals surface area (Å²) < 4.78 is 4.86. The summed E-state index contributed by atoms with van der Waals surface area (Å²) in [6, 6.07) is 0.674. The van der Waals surface area contributed by atoms with Crippen molar-refractivity contribution in [2.24, 2.45) is 0 Å². The van der Waals surface area contributed by atoms with E-state index in [1.807, 2.05) is 18.7 Å². The summed E-state index contributed by atoms with van der Waals surface area (Å²) in [6.45, 7) is 3.27. The van der Waals surface area contributed by atoms with Crippen molar-refractivity contribution in [2.75, 3.05) is 24.7 Å². The largest absolute Gasteiger partial charge is 0.466 e. The number of hydrogen-bond acceptors (Lipinski definition) is 4. The molecule has 0 amide bonds. The topological polar surface area (TPSA) is 38.3 Å². The van der Waals surface area contributed by atoms with Crippen molar-refractivity contribution in [1.82, 2.24) is 5.32 Å². The minimum Gasteiger partial charge on any atom is -0.466 e. The summed E-state index contributed by atoms with van der Waals surface area (Å²) in [6.07, 6.45) is 3.97. The Hall–Kier alpha value is -0.220. The van der Waals surface area contributed by atoms with E-state index in [2.05, 4.69) is 5.32 Å². The van der Waals surface area contributed by atoms with E-state index in [1.165, 1.54) is 24.3 Å². The second-order valence-electron chi connectivity index (χ2n) is 3.75. The monoisotopic (exact) mass is 231 g/mol. The molecule has 1 heterocycles. The maximum absolute atomic E-state index is 11.0. The molecule has 3 nitrogen and oxygen atoms in total. The van der Waals surface area contributed by atoms with Crippen molar-refractivity contribution in [3.8, 4) is 0 Å². The van der Waals surface area contributed by atoms with Crippen LogP contribution >= 0.6 is 11.8 Å². The lowest BCUT2D eigenvalue weighted by Gasteiger charge is -2.22. The molecule has 4 heteroatoms. The van der Waals surface area contributed by atoms with Gasteiger partial charge in [-0.05, 0) is 44.2 Å². The van der Waals surface area contributed by atoms with Crippen molar-refractivity contribution in [1.29, 1.82) is 0 Å². The molecule has 0 aromatic carbocycles. The molecule has 1 N–H and O–H groups in total. The Bertz CT molecular complexity index is 181. The van der Waals surface area contributed by atoms with Gasteiger partial charge in [0.1, 0.15) is 0 Å². The Morgan fingerprint density at radius 1 is 1.47 bits per heavy atom. The fraction of sp³-hybridized carbons (Fsp3) is 0.909. The minimum absolute atomic E-state index is 0.0708. The number of carbonyl (C=O) groups excluding carboxylic acids is 1. The lowest BCUT2D eigenvalue weighted by Crippen LogP contribution is -2.33. The van der Waals surface area contributed by atoms with Crippen LogP contribution in [0.5, 0.6) is 0 Å². The van der Waals surface area contributed by atoms with E-state index in [9.17, 15) is 4.79 Å². The predicted octanol–water partition coefficient (Wildman–Crippen LogP) is 1.81. The highest BCUT2D eigenvalue weighted by molar-refractivity contribution is 7.99. The quantitative estimate of drug-likeness (QED) is 0.559. The molecule has 1 aliphatic heterocycles. The molecule has 0 unspecified atom stereocenters. The summed E-state index contributed by atoms with van der Waals surface area (Å²) in [7, 11) is 0. The highest BCUT2D eigenvalue weighted by Gasteiger charge is 2.12. The Balaban J connectivity index is 1.93. The first-order valence-electron chi connectivity index (χ1n) is 5.79. The van der Waals surface area contributed by atoms with Gasteiger partial charge in [0.05, 0.1) is 6.61 Å². The number of carbonyl (C=O) groups is 1. The average Bonchev–Trinajstić information content (AvgIpc) is 2.26. The SMILES string of the molecule is CCOC(=O)CCCNC1CCSCC1. The minimum atomic E-state index is -0.0708. The highest BCUT2D eigenvalue weighted by atomic mass is 32.2. The standard InChI is InChI=1S/C11H21NO2S/c1-2-14-11(13)4-3-7-12-10-5-8-15-9-6-10/h10,12H,2-9H2,1H3.